The van der Waals surface area contributed by atoms with Crippen molar-refractivity contribution in [1.82, 2.24) is 0 Å². The first-order valence-electron chi connectivity index (χ1n) is 5.62. The summed E-state index contributed by atoms with van der Waals surface area (Å²) in [5.74, 6) is -0.552. The van der Waals surface area contributed by atoms with E-state index >= 15 is 0 Å². The number of nitrogens with one attached hydrogen (secondary N) is 1. The van der Waals surface area contributed by atoms with E-state index in [2.05, 4.69) is 21.2 Å². The van der Waals surface area contributed by atoms with E-state index in [1.165, 1.54) is 12.1 Å². The molecule has 0 aromatic heterocycles. The minimum atomic E-state index is -0.595. The van der Waals surface area contributed by atoms with Gasteiger partial charge in [0, 0.05) is 12.1 Å². The minimum Gasteiger partial charge on any atom is -0.495 e. The maximum Gasteiger partial charge on any atom is 0.145 e. The number of ether oxygens (including phenoxy) is 1. The molecule has 5 heteroatoms. The van der Waals surface area contributed by atoms with Crippen LogP contribution >= 0.6 is 15.9 Å². The Balaban J connectivity index is 2.21. The molecule has 0 aliphatic heterocycles. The molecule has 0 bridgehead atoms. The van der Waals surface area contributed by atoms with E-state index in [4.69, 9.17) is 4.74 Å². The predicted octanol–water partition coefficient (Wildman–Crippen LogP) is 4.35. The highest BCUT2D eigenvalue weighted by Gasteiger charge is 2.12. The summed E-state index contributed by atoms with van der Waals surface area (Å²) in [6.07, 6.45) is 0. The quantitative estimate of drug-likeness (QED) is 0.843. The molecule has 0 heterocycles. The van der Waals surface area contributed by atoms with Gasteiger partial charge in [0.05, 0.1) is 17.3 Å². The third-order valence-corrected chi connectivity index (χ3v) is 3.31. The average molecular weight is 328 g/mol. The number of rotatable bonds is 4. The average Bonchev–Trinajstić information content (AvgIpc) is 2.43. The number of anilines is 1. The molecule has 100 valence electrons. The van der Waals surface area contributed by atoms with Crippen LogP contribution in [0, 0.1) is 11.6 Å². The zero-order valence-electron chi connectivity index (χ0n) is 10.2. The van der Waals surface area contributed by atoms with Crippen molar-refractivity contribution in [2.75, 3.05) is 12.4 Å². The van der Waals surface area contributed by atoms with Gasteiger partial charge in [0.2, 0.25) is 0 Å². The summed E-state index contributed by atoms with van der Waals surface area (Å²) in [7, 11) is 1.54. The van der Waals surface area contributed by atoms with E-state index < -0.39 is 11.6 Å². The van der Waals surface area contributed by atoms with Gasteiger partial charge in [-0.05, 0) is 40.2 Å². The molecule has 0 aliphatic carbocycles. The Morgan fingerprint density at radius 3 is 2.63 bits per heavy atom. The van der Waals surface area contributed by atoms with Crippen LogP contribution in [0.4, 0.5) is 14.5 Å². The van der Waals surface area contributed by atoms with Crippen LogP contribution in [0.2, 0.25) is 0 Å². The molecule has 2 rings (SSSR count). The summed E-state index contributed by atoms with van der Waals surface area (Å²) in [6, 6.07) is 9.77. The lowest BCUT2D eigenvalue weighted by atomic mass is 10.2. The van der Waals surface area contributed by atoms with Crippen LogP contribution in [-0.2, 0) is 6.54 Å². The van der Waals surface area contributed by atoms with E-state index in [0.717, 1.165) is 0 Å². The molecule has 2 nitrogen and oxygen atoms in total. The molecule has 0 saturated carbocycles. The minimum absolute atomic E-state index is 0.0136. The second kappa shape index (κ2) is 6.02. The van der Waals surface area contributed by atoms with Crippen molar-refractivity contribution in [2.45, 2.75) is 6.54 Å². The lowest BCUT2D eigenvalue weighted by Crippen LogP contribution is -2.06. The summed E-state index contributed by atoms with van der Waals surface area (Å²) in [5, 5.41) is 2.96. The highest BCUT2D eigenvalue weighted by molar-refractivity contribution is 9.10. The molecule has 0 spiro atoms. The molecule has 0 atom stereocenters. The Kier molecular flexibility index (Phi) is 4.37. The SMILES string of the molecule is COc1ccccc1NCc1c(F)ccc(Br)c1F. The lowest BCUT2D eigenvalue weighted by molar-refractivity contribution is 0.416. The molecule has 2 aromatic rings. The van der Waals surface area contributed by atoms with Gasteiger partial charge >= 0.3 is 0 Å². The molecule has 2 aromatic carbocycles. The number of hydrogen-bond donors (Lipinski definition) is 1. The number of benzene rings is 2. The van der Waals surface area contributed by atoms with Crippen LogP contribution in [0.3, 0.4) is 0 Å². The normalized spacial score (nSPS) is 10.3. The van der Waals surface area contributed by atoms with Crippen molar-refractivity contribution in [3.8, 4) is 5.75 Å². The van der Waals surface area contributed by atoms with E-state index in [9.17, 15) is 8.78 Å². The molecule has 0 unspecified atom stereocenters. The summed E-state index contributed by atoms with van der Waals surface area (Å²) in [4.78, 5) is 0. The Hall–Kier alpha value is -1.62. The van der Waals surface area contributed by atoms with Gasteiger partial charge in [-0.15, -0.1) is 0 Å². The summed E-state index contributed by atoms with van der Waals surface area (Å²) in [6.45, 7) is 0.0392. The van der Waals surface area contributed by atoms with Crippen LogP contribution in [-0.4, -0.2) is 7.11 Å². The predicted molar refractivity (Wildman–Crippen MR) is 74.4 cm³/mol. The zero-order chi connectivity index (χ0) is 13.8. The molecule has 1 N–H and O–H groups in total. The highest BCUT2D eigenvalue weighted by Crippen LogP contribution is 2.26. The molecule has 0 amide bonds. The van der Waals surface area contributed by atoms with Crippen LogP contribution in [0.1, 0.15) is 5.56 Å². The third-order valence-electron chi connectivity index (χ3n) is 2.70. The van der Waals surface area contributed by atoms with Crippen LogP contribution in [0.5, 0.6) is 5.75 Å². The third kappa shape index (κ3) is 3.04. The summed E-state index contributed by atoms with van der Waals surface area (Å²) < 4.78 is 32.8. The van der Waals surface area contributed by atoms with Crippen LogP contribution < -0.4 is 10.1 Å². The molecule has 0 aliphatic rings. The van der Waals surface area contributed by atoms with Crippen LogP contribution in [0.25, 0.3) is 0 Å². The van der Waals surface area contributed by atoms with Gasteiger partial charge in [0.15, 0.2) is 0 Å². The largest absolute Gasteiger partial charge is 0.495 e. The maximum atomic E-state index is 13.8. The van der Waals surface area contributed by atoms with Crippen molar-refractivity contribution >= 4 is 21.6 Å². The van der Waals surface area contributed by atoms with E-state index in [1.54, 1.807) is 19.2 Å². The molecule has 0 fully saturated rings. The van der Waals surface area contributed by atoms with Gasteiger partial charge in [-0.2, -0.15) is 0 Å². The second-order valence-electron chi connectivity index (χ2n) is 3.88. The Labute approximate surface area is 118 Å². The number of para-hydroxylation sites is 2. The van der Waals surface area contributed by atoms with E-state index in [0.29, 0.717) is 11.4 Å². The lowest BCUT2D eigenvalue weighted by Gasteiger charge is -2.12. The standard InChI is InChI=1S/C14H12BrF2NO/c1-19-13-5-3-2-4-12(13)18-8-9-11(16)7-6-10(15)14(9)17/h2-7,18H,8H2,1H3. The molecule has 0 radical (unpaired) electrons. The monoisotopic (exact) mass is 327 g/mol. The summed E-state index contributed by atoms with van der Waals surface area (Å²) >= 11 is 3.04. The Morgan fingerprint density at radius 1 is 1.16 bits per heavy atom. The van der Waals surface area contributed by atoms with Crippen molar-refractivity contribution in [2.24, 2.45) is 0 Å². The fourth-order valence-electron chi connectivity index (χ4n) is 1.71. The Bertz CT molecular complexity index is 590. The fourth-order valence-corrected chi connectivity index (χ4v) is 2.08. The molecular formula is C14H12BrF2NO. The van der Waals surface area contributed by atoms with Crippen molar-refractivity contribution in [3.05, 3.63) is 58.1 Å². The number of methoxy groups -OCH3 is 1. The fraction of sp³-hybridized carbons (Fsp3) is 0.143. The van der Waals surface area contributed by atoms with E-state index in [-0.39, 0.29) is 16.6 Å². The topological polar surface area (TPSA) is 21.3 Å². The van der Waals surface area contributed by atoms with Gasteiger partial charge < -0.3 is 10.1 Å². The smallest absolute Gasteiger partial charge is 0.145 e. The van der Waals surface area contributed by atoms with Gasteiger partial charge in [-0.25, -0.2) is 8.78 Å². The molecule has 0 saturated heterocycles. The van der Waals surface area contributed by atoms with E-state index in [1.807, 2.05) is 12.1 Å². The van der Waals surface area contributed by atoms with Gasteiger partial charge in [0.25, 0.3) is 0 Å². The van der Waals surface area contributed by atoms with Crippen molar-refractivity contribution < 1.29 is 13.5 Å². The maximum absolute atomic E-state index is 13.8. The first kappa shape index (κ1) is 13.8. The number of halogens is 3. The first-order valence-corrected chi connectivity index (χ1v) is 6.42. The first-order chi connectivity index (χ1) is 9.13. The second-order valence-corrected chi connectivity index (χ2v) is 4.73. The van der Waals surface area contributed by atoms with Crippen molar-refractivity contribution in [3.63, 3.8) is 0 Å². The highest BCUT2D eigenvalue weighted by atomic mass is 79.9. The zero-order valence-corrected chi connectivity index (χ0v) is 11.8. The molecule has 19 heavy (non-hydrogen) atoms. The number of hydrogen-bond acceptors (Lipinski definition) is 2. The molecular weight excluding hydrogens is 316 g/mol. The van der Waals surface area contributed by atoms with Crippen molar-refractivity contribution in [1.29, 1.82) is 0 Å². The van der Waals surface area contributed by atoms with Gasteiger partial charge in [-0.1, -0.05) is 12.1 Å². The Morgan fingerprint density at radius 2 is 1.89 bits per heavy atom. The summed E-state index contributed by atoms with van der Waals surface area (Å²) in [5.41, 5.74) is 0.670. The van der Waals surface area contributed by atoms with Gasteiger partial charge in [0.1, 0.15) is 17.4 Å². The van der Waals surface area contributed by atoms with Gasteiger partial charge in [-0.3, -0.25) is 0 Å². The van der Waals surface area contributed by atoms with Crippen LogP contribution in [0.15, 0.2) is 40.9 Å².